The van der Waals surface area contributed by atoms with Crippen LogP contribution >= 0.6 is 22.9 Å². The van der Waals surface area contributed by atoms with Crippen molar-refractivity contribution in [3.05, 3.63) is 69.1 Å². The van der Waals surface area contributed by atoms with Crippen LogP contribution < -0.4 is 19.8 Å². The Labute approximate surface area is 194 Å². The average molecular weight is 469 g/mol. The van der Waals surface area contributed by atoms with E-state index in [1.807, 2.05) is 37.3 Å². The highest BCUT2D eigenvalue weighted by molar-refractivity contribution is 7.19. The van der Waals surface area contributed by atoms with Crippen LogP contribution in [0, 0.1) is 6.92 Å². The lowest BCUT2D eigenvalue weighted by Gasteiger charge is -2.13. The number of fused-ring (bicyclic) bond motifs is 1. The maximum Gasteiger partial charge on any atom is 0.260 e. The van der Waals surface area contributed by atoms with Gasteiger partial charge in [0.05, 0.1) is 31.7 Å². The number of ether oxygens (including phenoxy) is 3. The van der Waals surface area contributed by atoms with Gasteiger partial charge in [0.2, 0.25) is 5.75 Å². The molecular weight excluding hydrogens is 448 g/mol. The molecule has 0 unspecified atom stereocenters. The summed E-state index contributed by atoms with van der Waals surface area (Å²) in [6.45, 7) is 1.99. The Morgan fingerprint density at radius 3 is 2.31 bits per heavy atom. The molecule has 0 spiro atoms. The van der Waals surface area contributed by atoms with Gasteiger partial charge in [-0.2, -0.15) is 0 Å². The van der Waals surface area contributed by atoms with Crippen LogP contribution in [-0.2, 0) is 0 Å². The van der Waals surface area contributed by atoms with Crippen LogP contribution in [0.25, 0.3) is 32.5 Å². The third kappa shape index (κ3) is 3.97. The molecule has 0 aliphatic carbocycles. The molecule has 164 valence electrons. The number of aromatic nitrogens is 2. The molecule has 0 aliphatic rings. The molecule has 0 amide bonds. The molecule has 1 N–H and O–H groups in total. The van der Waals surface area contributed by atoms with E-state index in [2.05, 4.69) is 9.97 Å². The number of thiophene rings is 1. The zero-order valence-electron chi connectivity index (χ0n) is 18.0. The first kappa shape index (κ1) is 21.9. The van der Waals surface area contributed by atoms with Gasteiger partial charge < -0.3 is 19.2 Å². The fraction of sp³-hybridized carbons (Fsp3) is 0.167. The molecule has 4 aromatic rings. The molecule has 0 radical (unpaired) electrons. The smallest absolute Gasteiger partial charge is 0.260 e. The summed E-state index contributed by atoms with van der Waals surface area (Å²) in [5, 5.41) is 0.852. The molecule has 2 aromatic carbocycles. The fourth-order valence-corrected chi connectivity index (χ4v) is 4.85. The fourth-order valence-electron chi connectivity index (χ4n) is 3.58. The third-order valence-electron chi connectivity index (χ3n) is 5.01. The molecule has 4 rings (SSSR count). The molecular formula is C24H21ClN2O4S. The first-order valence-corrected chi connectivity index (χ1v) is 10.9. The van der Waals surface area contributed by atoms with E-state index >= 15 is 0 Å². The third-order valence-corrected chi connectivity index (χ3v) is 6.29. The van der Waals surface area contributed by atoms with Gasteiger partial charge in [-0.15, -0.1) is 11.3 Å². The van der Waals surface area contributed by atoms with Gasteiger partial charge in [-0.25, -0.2) is 4.98 Å². The van der Waals surface area contributed by atoms with Crippen molar-refractivity contribution in [3.8, 4) is 28.4 Å². The van der Waals surface area contributed by atoms with E-state index in [1.165, 1.54) is 11.3 Å². The van der Waals surface area contributed by atoms with Crippen LogP contribution in [0.15, 0.2) is 47.3 Å². The highest BCUT2D eigenvalue weighted by atomic mass is 35.5. The van der Waals surface area contributed by atoms with Crippen molar-refractivity contribution < 1.29 is 14.2 Å². The molecule has 0 fully saturated rings. The van der Waals surface area contributed by atoms with Crippen molar-refractivity contribution in [2.45, 2.75) is 6.92 Å². The van der Waals surface area contributed by atoms with Gasteiger partial charge in [0, 0.05) is 10.4 Å². The van der Waals surface area contributed by atoms with Crippen LogP contribution in [0.5, 0.6) is 17.2 Å². The van der Waals surface area contributed by atoms with E-state index in [0.717, 1.165) is 16.0 Å². The predicted octanol–water partition coefficient (Wildman–Crippen LogP) is 5.72. The summed E-state index contributed by atoms with van der Waals surface area (Å²) in [4.78, 5) is 22.1. The normalized spacial score (nSPS) is 11.6. The number of methoxy groups -OCH3 is 3. The monoisotopic (exact) mass is 468 g/mol. The number of rotatable bonds is 6. The minimum atomic E-state index is -0.232. The highest BCUT2D eigenvalue weighted by Crippen LogP contribution is 2.40. The van der Waals surface area contributed by atoms with E-state index in [1.54, 1.807) is 39.5 Å². The van der Waals surface area contributed by atoms with Gasteiger partial charge in [0.1, 0.15) is 4.83 Å². The van der Waals surface area contributed by atoms with E-state index in [-0.39, 0.29) is 10.6 Å². The zero-order valence-corrected chi connectivity index (χ0v) is 19.6. The Hall–Kier alpha value is -3.29. The van der Waals surface area contributed by atoms with Crippen molar-refractivity contribution in [1.82, 2.24) is 9.97 Å². The van der Waals surface area contributed by atoms with Gasteiger partial charge in [-0.3, -0.25) is 4.79 Å². The molecule has 8 heteroatoms. The summed E-state index contributed by atoms with van der Waals surface area (Å²) in [5.41, 5.74) is 2.36. The number of halogens is 1. The van der Waals surface area contributed by atoms with Gasteiger partial charge in [0.15, 0.2) is 17.3 Å². The van der Waals surface area contributed by atoms with Gasteiger partial charge in [0.25, 0.3) is 5.56 Å². The molecule has 6 nitrogen and oxygen atoms in total. The number of nitrogens with one attached hydrogen (secondary N) is 1. The largest absolute Gasteiger partial charge is 0.493 e. The highest BCUT2D eigenvalue weighted by Gasteiger charge is 2.18. The minimum Gasteiger partial charge on any atom is -0.493 e. The molecule has 0 saturated carbocycles. The van der Waals surface area contributed by atoms with Crippen LogP contribution in [0.3, 0.4) is 0 Å². The van der Waals surface area contributed by atoms with E-state index in [9.17, 15) is 4.79 Å². The summed E-state index contributed by atoms with van der Waals surface area (Å²) < 4.78 is 16.1. The lowest BCUT2D eigenvalue weighted by atomic mass is 10.0. The SMILES string of the molecule is COc1cc(/C=C(\Cl)c2nc3sc(C)c(-c4ccccc4)c3c(=O)[nH]2)cc(OC)c1OC. The van der Waals surface area contributed by atoms with Crippen LogP contribution in [0.1, 0.15) is 16.3 Å². The van der Waals surface area contributed by atoms with E-state index in [4.69, 9.17) is 25.8 Å². The summed E-state index contributed by atoms with van der Waals surface area (Å²) in [5.74, 6) is 1.78. The summed E-state index contributed by atoms with van der Waals surface area (Å²) in [7, 11) is 4.63. The molecule has 0 atom stereocenters. The van der Waals surface area contributed by atoms with Crippen molar-refractivity contribution in [1.29, 1.82) is 0 Å². The Morgan fingerprint density at radius 1 is 1.06 bits per heavy atom. The standard InChI is InChI=1S/C24H21ClN2O4S/c1-13-19(15-8-6-5-7-9-15)20-23(28)26-22(27-24(20)32-13)16(25)10-14-11-17(29-2)21(31-4)18(12-14)30-3/h5-12H,1-4H3,(H,26,27,28)/b16-10-. The van der Waals surface area contributed by atoms with Crippen molar-refractivity contribution >= 4 is 44.3 Å². The average Bonchev–Trinajstić information content (AvgIpc) is 3.15. The van der Waals surface area contributed by atoms with E-state index in [0.29, 0.717) is 38.9 Å². The van der Waals surface area contributed by atoms with Crippen molar-refractivity contribution in [2.75, 3.05) is 21.3 Å². The number of hydrogen-bond donors (Lipinski definition) is 1. The maximum atomic E-state index is 13.0. The number of H-pyrrole nitrogens is 1. The predicted molar refractivity (Wildman–Crippen MR) is 130 cm³/mol. The first-order chi connectivity index (χ1) is 15.5. The van der Waals surface area contributed by atoms with Crippen LogP contribution in [-0.4, -0.2) is 31.3 Å². The zero-order chi connectivity index (χ0) is 22.8. The number of benzene rings is 2. The number of hydrogen-bond acceptors (Lipinski definition) is 6. The topological polar surface area (TPSA) is 73.4 Å². The Bertz CT molecular complexity index is 1350. The van der Waals surface area contributed by atoms with Gasteiger partial charge in [-0.1, -0.05) is 41.9 Å². The number of aromatic amines is 1. The number of aryl methyl sites for hydroxylation is 1. The van der Waals surface area contributed by atoms with Gasteiger partial charge in [-0.05, 0) is 36.3 Å². The quantitative estimate of drug-likeness (QED) is 0.391. The molecule has 2 heterocycles. The van der Waals surface area contributed by atoms with Crippen molar-refractivity contribution in [3.63, 3.8) is 0 Å². The summed E-state index contributed by atoms with van der Waals surface area (Å²) >= 11 is 8.03. The van der Waals surface area contributed by atoms with Crippen LogP contribution in [0.2, 0.25) is 0 Å². The summed E-state index contributed by atoms with van der Waals surface area (Å²) in [6.07, 6.45) is 1.69. The molecule has 0 aliphatic heterocycles. The maximum absolute atomic E-state index is 13.0. The lowest BCUT2D eigenvalue weighted by Crippen LogP contribution is -2.10. The molecule has 32 heavy (non-hydrogen) atoms. The molecule has 2 aromatic heterocycles. The second-order valence-corrected chi connectivity index (χ2v) is 8.56. The Kier molecular flexibility index (Phi) is 6.21. The van der Waals surface area contributed by atoms with Crippen molar-refractivity contribution in [2.24, 2.45) is 0 Å². The lowest BCUT2D eigenvalue weighted by molar-refractivity contribution is 0.324. The Balaban J connectivity index is 1.81. The van der Waals surface area contributed by atoms with Crippen LogP contribution in [0.4, 0.5) is 0 Å². The van der Waals surface area contributed by atoms with E-state index < -0.39 is 0 Å². The molecule has 0 bridgehead atoms. The summed E-state index contributed by atoms with van der Waals surface area (Å²) in [6, 6.07) is 13.4. The second-order valence-electron chi connectivity index (χ2n) is 6.94. The molecule has 0 saturated heterocycles. The second kappa shape index (κ2) is 9.06. The first-order valence-electron chi connectivity index (χ1n) is 9.73. The number of nitrogens with zero attached hydrogens (tertiary/aromatic N) is 1. The van der Waals surface area contributed by atoms with Gasteiger partial charge >= 0.3 is 0 Å². The Morgan fingerprint density at radius 2 is 1.72 bits per heavy atom. The minimum absolute atomic E-state index is 0.232.